The molecule has 0 bridgehead atoms. The van der Waals surface area contributed by atoms with E-state index in [2.05, 4.69) is 5.73 Å². The van der Waals surface area contributed by atoms with Gasteiger partial charge in [0.2, 0.25) is 0 Å². The van der Waals surface area contributed by atoms with Crippen molar-refractivity contribution in [3.8, 4) is 0 Å². The molecule has 0 rings (SSSR count). The van der Waals surface area contributed by atoms with Gasteiger partial charge in [-0.05, 0) is 0 Å². The van der Waals surface area contributed by atoms with Crippen molar-refractivity contribution in [2.75, 3.05) is 6.54 Å². The van der Waals surface area contributed by atoms with E-state index < -0.39 is 30.4 Å². The van der Waals surface area contributed by atoms with Gasteiger partial charge in [-0.15, -0.1) is 0 Å². The number of aliphatic hydroxyl groups is 1. The van der Waals surface area contributed by atoms with Gasteiger partial charge in [-0.25, -0.2) is 4.79 Å². The van der Waals surface area contributed by atoms with Gasteiger partial charge in [0, 0.05) is 6.54 Å². The first kappa shape index (κ1) is 19.4. The number of carbonyl (C=O) groups is 3. The van der Waals surface area contributed by atoms with Crippen LogP contribution in [0.5, 0.6) is 0 Å². The van der Waals surface area contributed by atoms with Crippen molar-refractivity contribution in [2.24, 2.45) is 5.73 Å². The Labute approximate surface area is 95.2 Å². The van der Waals surface area contributed by atoms with Gasteiger partial charge in [-0.3, -0.25) is 4.79 Å². The van der Waals surface area contributed by atoms with E-state index in [1.54, 1.807) is 0 Å². The Morgan fingerprint density at radius 2 is 1.60 bits per heavy atom. The summed E-state index contributed by atoms with van der Waals surface area (Å²) in [6.45, 7) is -0.389. The number of rotatable bonds is 4. The van der Waals surface area contributed by atoms with Crippen molar-refractivity contribution in [1.82, 2.24) is 0 Å². The molecule has 0 aliphatic carbocycles. The molecule has 0 radical (unpaired) electrons. The molecule has 0 spiro atoms. The predicted octanol–water partition coefficient (Wildman–Crippen LogP) is -3.40. The Balaban J connectivity index is -0.000000208. The summed E-state index contributed by atoms with van der Waals surface area (Å²) in [5.41, 5.74) is 4.51. The van der Waals surface area contributed by atoms with Crippen LogP contribution in [0.1, 0.15) is 6.42 Å². The van der Waals surface area contributed by atoms with E-state index in [0.29, 0.717) is 0 Å². The molecule has 1 unspecified atom stereocenters. The maximum Gasteiger partial charge on any atom is 1.00 e. The molecule has 15 heavy (non-hydrogen) atoms. The Hall–Kier alpha value is -1.15. The van der Waals surface area contributed by atoms with Gasteiger partial charge in [0.25, 0.3) is 0 Å². The average Bonchev–Trinajstić information content (AvgIpc) is 2.04. The summed E-state index contributed by atoms with van der Waals surface area (Å²) in [6, 6.07) is 0. The van der Waals surface area contributed by atoms with E-state index >= 15 is 0 Å². The third-order valence-electron chi connectivity index (χ3n) is 0.820. The van der Waals surface area contributed by atoms with Crippen LogP contribution in [0.4, 0.5) is 0 Å². The van der Waals surface area contributed by atoms with Crippen molar-refractivity contribution in [2.45, 2.75) is 12.5 Å². The summed E-state index contributed by atoms with van der Waals surface area (Å²) in [7, 11) is 0. The average molecular weight is 272 g/mol. The van der Waals surface area contributed by atoms with Crippen molar-refractivity contribution in [3.05, 3.63) is 0 Å². The minimum Gasteiger partial charge on any atom is -0.549 e. The number of carbonyl (C=O) groups excluding carboxylic acids is 1. The second kappa shape index (κ2) is 10.9. The smallest absolute Gasteiger partial charge is 0.549 e. The number of carboxylic acids is 3. The van der Waals surface area contributed by atoms with Crippen LogP contribution in [-0.2, 0) is 31.5 Å². The first-order valence-electron chi connectivity index (χ1n) is 3.33. The molecule has 0 aliphatic rings. The number of hydrogen-bond acceptors (Lipinski definition) is 6. The number of carboxylic acid groups (broad SMARTS) is 3. The number of hydrogen-bond donors (Lipinski definition) is 4. The molecular formula is C6H10CuNO7. The molecule has 92 valence electrons. The van der Waals surface area contributed by atoms with Gasteiger partial charge in [0.1, 0.15) is 0 Å². The van der Waals surface area contributed by atoms with E-state index in [9.17, 15) is 9.59 Å². The molecule has 9 heteroatoms. The largest absolute Gasteiger partial charge is 1.00 e. The maximum atomic E-state index is 9.72. The second-order valence-corrected chi connectivity index (χ2v) is 2.03. The topological polar surface area (TPSA) is 161 Å². The predicted molar refractivity (Wildman–Crippen MR) is 40.0 cm³/mol. The molecular weight excluding hydrogens is 262 g/mol. The van der Waals surface area contributed by atoms with Gasteiger partial charge < -0.3 is 31.0 Å². The zero-order valence-corrected chi connectivity index (χ0v) is 8.29. The second-order valence-electron chi connectivity index (χ2n) is 2.03. The minimum absolute atomic E-state index is 0. The third kappa shape index (κ3) is 19.3. The fourth-order valence-corrected chi connectivity index (χ4v) is 0.253. The fourth-order valence-electron chi connectivity index (χ4n) is 0.253. The summed E-state index contributed by atoms with van der Waals surface area (Å²) < 4.78 is 0. The first-order valence-corrected chi connectivity index (χ1v) is 3.33. The summed E-state index contributed by atoms with van der Waals surface area (Å²) in [6.07, 6.45) is -2.54. The molecule has 0 fully saturated rings. The Kier molecular flexibility index (Phi) is 14.2. The molecule has 0 aromatic rings. The minimum atomic E-state index is -1.79. The van der Waals surface area contributed by atoms with Gasteiger partial charge in [0.15, 0.2) is 6.10 Å². The first-order chi connectivity index (χ1) is 6.31. The third-order valence-corrected chi connectivity index (χ3v) is 0.820. The van der Waals surface area contributed by atoms with Crippen molar-refractivity contribution < 1.29 is 51.9 Å². The van der Waals surface area contributed by atoms with E-state index in [1.807, 2.05) is 0 Å². The molecule has 0 aromatic carbocycles. The van der Waals surface area contributed by atoms with Gasteiger partial charge in [0.05, 0.1) is 12.4 Å². The van der Waals surface area contributed by atoms with Gasteiger partial charge >= 0.3 is 29.0 Å². The Morgan fingerprint density at radius 1 is 1.27 bits per heavy atom. The Morgan fingerprint density at radius 3 is 1.67 bits per heavy atom. The van der Waals surface area contributed by atoms with Crippen LogP contribution in [0.2, 0.25) is 0 Å². The molecule has 1 atom stereocenters. The van der Waals surface area contributed by atoms with E-state index in [1.165, 1.54) is 0 Å². The molecule has 0 aliphatic heterocycles. The maximum absolute atomic E-state index is 9.72. The molecule has 5 N–H and O–H groups in total. The molecule has 0 amide bonds. The number of aliphatic carboxylic acids is 3. The normalized spacial score (nSPS) is 10.0. The van der Waals surface area contributed by atoms with Crippen molar-refractivity contribution in [1.29, 1.82) is 0 Å². The van der Waals surface area contributed by atoms with E-state index in [-0.39, 0.29) is 23.6 Å². The summed E-state index contributed by atoms with van der Waals surface area (Å²) >= 11 is 0. The van der Waals surface area contributed by atoms with Crippen LogP contribution >= 0.6 is 0 Å². The zero-order valence-electron chi connectivity index (χ0n) is 7.35. The number of nitrogens with two attached hydrogens (primary N) is 1. The van der Waals surface area contributed by atoms with E-state index in [0.717, 1.165) is 0 Å². The molecule has 0 saturated heterocycles. The monoisotopic (exact) mass is 271 g/mol. The van der Waals surface area contributed by atoms with Crippen LogP contribution in [0.15, 0.2) is 0 Å². The van der Waals surface area contributed by atoms with E-state index in [4.69, 9.17) is 25.2 Å². The Bertz CT molecular complexity index is 220. The SMILES string of the molecule is NCC(=O)[O-].O=C(O)CC(O)C(=O)O.[Cu+]. The molecule has 0 saturated carbocycles. The van der Waals surface area contributed by atoms with Crippen molar-refractivity contribution in [3.63, 3.8) is 0 Å². The molecule has 0 heterocycles. The quantitative estimate of drug-likeness (QED) is 0.385. The standard InChI is InChI=1S/C4H6O5.C2H5NO2.Cu/c5-2(4(8)9)1-3(6)7;3-1-2(4)5;/h2,5H,1H2,(H,6,7)(H,8,9);1,3H2,(H,4,5);/q;;+1/p-1. The van der Waals surface area contributed by atoms with Gasteiger partial charge in [-0.1, -0.05) is 0 Å². The zero-order chi connectivity index (χ0) is 11.7. The van der Waals surface area contributed by atoms with Crippen LogP contribution < -0.4 is 10.8 Å². The number of aliphatic hydroxyl groups excluding tert-OH is 1. The molecule has 8 nitrogen and oxygen atoms in total. The summed E-state index contributed by atoms with van der Waals surface area (Å²) in [5.74, 6) is -4.06. The van der Waals surface area contributed by atoms with Crippen LogP contribution in [0, 0.1) is 0 Å². The summed E-state index contributed by atoms with van der Waals surface area (Å²) in [4.78, 5) is 28.5. The fraction of sp³-hybridized carbons (Fsp3) is 0.500. The van der Waals surface area contributed by atoms with Crippen LogP contribution in [0.25, 0.3) is 0 Å². The van der Waals surface area contributed by atoms with Gasteiger partial charge in [-0.2, -0.15) is 0 Å². The van der Waals surface area contributed by atoms with Crippen molar-refractivity contribution >= 4 is 17.9 Å². The molecule has 0 aromatic heterocycles. The van der Waals surface area contributed by atoms with Crippen LogP contribution in [-0.4, -0.2) is 45.9 Å². The summed E-state index contributed by atoms with van der Waals surface area (Å²) in [5, 5.41) is 33.3. The van der Waals surface area contributed by atoms with Crippen LogP contribution in [0.3, 0.4) is 0 Å².